The van der Waals surface area contributed by atoms with Gasteiger partial charge in [0.1, 0.15) is 10.5 Å². The van der Waals surface area contributed by atoms with Crippen molar-refractivity contribution in [3.05, 3.63) is 48.8 Å². The van der Waals surface area contributed by atoms with E-state index >= 15 is 0 Å². The summed E-state index contributed by atoms with van der Waals surface area (Å²) in [5.74, 6) is 0. The highest BCUT2D eigenvalue weighted by molar-refractivity contribution is 7.90. The SMILES string of the molecule is COCC1(C)Nc2c(cnc3c2ccn3S(=O)(=O)c2ccccc2)NC1=S. The van der Waals surface area contributed by atoms with Crippen LogP contribution in [0.25, 0.3) is 11.0 Å². The third-order valence-corrected chi connectivity index (χ3v) is 6.80. The minimum Gasteiger partial charge on any atom is -0.382 e. The first kappa shape index (κ1) is 17.9. The number of anilines is 2. The first-order valence-electron chi connectivity index (χ1n) is 8.26. The second-order valence-electron chi connectivity index (χ2n) is 6.56. The van der Waals surface area contributed by atoms with Gasteiger partial charge in [0.2, 0.25) is 0 Å². The molecule has 0 amide bonds. The second-order valence-corrected chi connectivity index (χ2v) is 8.78. The maximum absolute atomic E-state index is 13.0. The van der Waals surface area contributed by atoms with Gasteiger partial charge in [0.15, 0.2) is 5.65 Å². The van der Waals surface area contributed by atoms with Crippen LogP contribution in [0.4, 0.5) is 11.4 Å². The molecule has 0 aliphatic carbocycles. The maximum atomic E-state index is 13.0. The van der Waals surface area contributed by atoms with Gasteiger partial charge < -0.3 is 15.4 Å². The number of thiocarbonyl (C=S) groups is 1. The lowest BCUT2D eigenvalue weighted by Crippen LogP contribution is -2.52. The topological polar surface area (TPSA) is 85.2 Å². The van der Waals surface area contributed by atoms with E-state index in [-0.39, 0.29) is 4.90 Å². The number of ether oxygens (including phenoxy) is 1. The van der Waals surface area contributed by atoms with Crippen LogP contribution < -0.4 is 10.6 Å². The molecule has 140 valence electrons. The molecule has 1 aromatic carbocycles. The van der Waals surface area contributed by atoms with Crippen LogP contribution >= 0.6 is 12.2 Å². The zero-order chi connectivity index (χ0) is 19.2. The Morgan fingerprint density at radius 2 is 2.00 bits per heavy atom. The molecule has 1 aliphatic rings. The van der Waals surface area contributed by atoms with E-state index in [4.69, 9.17) is 17.0 Å². The van der Waals surface area contributed by atoms with Crippen LogP contribution in [0.5, 0.6) is 0 Å². The average molecular weight is 403 g/mol. The molecule has 0 spiro atoms. The summed E-state index contributed by atoms with van der Waals surface area (Å²) in [4.78, 5) is 5.16. The first-order chi connectivity index (χ1) is 12.9. The molecule has 0 radical (unpaired) electrons. The number of nitrogens with one attached hydrogen (secondary N) is 2. The Bertz CT molecular complexity index is 1140. The normalized spacial score (nSPS) is 19.4. The molecule has 1 atom stereocenters. The van der Waals surface area contributed by atoms with E-state index in [1.165, 1.54) is 10.2 Å². The molecule has 3 aromatic rings. The molecule has 7 nitrogen and oxygen atoms in total. The summed E-state index contributed by atoms with van der Waals surface area (Å²) in [6.07, 6.45) is 3.10. The van der Waals surface area contributed by atoms with Gasteiger partial charge in [0.25, 0.3) is 10.0 Å². The summed E-state index contributed by atoms with van der Waals surface area (Å²) in [5, 5.41) is 7.25. The van der Waals surface area contributed by atoms with Crippen molar-refractivity contribution >= 4 is 49.6 Å². The number of aromatic nitrogens is 2. The minimum atomic E-state index is -3.74. The number of hydrogen-bond donors (Lipinski definition) is 2. The molecular weight excluding hydrogens is 384 g/mol. The first-order valence-corrected chi connectivity index (χ1v) is 10.1. The Balaban J connectivity index is 1.87. The monoisotopic (exact) mass is 402 g/mol. The lowest BCUT2D eigenvalue weighted by Gasteiger charge is -2.37. The van der Waals surface area contributed by atoms with Gasteiger partial charge in [-0.25, -0.2) is 17.4 Å². The van der Waals surface area contributed by atoms with Crippen LogP contribution in [0.1, 0.15) is 6.92 Å². The van der Waals surface area contributed by atoms with E-state index in [2.05, 4.69) is 15.6 Å². The van der Waals surface area contributed by atoms with E-state index < -0.39 is 15.6 Å². The molecule has 1 aliphatic heterocycles. The summed E-state index contributed by atoms with van der Waals surface area (Å²) in [7, 11) is -2.14. The zero-order valence-electron chi connectivity index (χ0n) is 14.8. The summed E-state index contributed by atoms with van der Waals surface area (Å²) in [6, 6.07) is 10.0. The lowest BCUT2D eigenvalue weighted by atomic mass is 9.99. The lowest BCUT2D eigenvalue weighted by molar-refractivity contribution is 0.175. The third-order valence-electron chi connectivity index (χ3n) is 4.56. The van der Waals surface area contributed by atoms with Crippen LogP contribution in [0.2, 0.25) is 0 Å². The van der Waals surface area contributed by atoms with E-state index in [9.17, 15) is 8.42 Å². The molecular formula is C18H18N4O3S2. The van der Waals surface area contributed by atoms with Crippen LogP contribution in [0, 0.1) is 0 Å². The van der Waals surface area contributed by atoms with Crippen LogP contribution in [0.3, 0.4) is 0 Å². The van der Waals surface area contributed by atoms with Crippen molar-refractivity contribution in [3.8, 4) is 0 Å². The van der Waals surface area contributed by atoms with Crippen LogP contribution in [0.15, 0.2) is 53.7 Å². The van der Waals surface area contributed by atoms with E-state index in [1.807, 2.05) is 6.92 Å². The third kappa shape index (κ3) is 2.78. The Kier molecular flexibility index (Phi) is 4.17. The number of nitrogens with zero attached hydrogens (tertiary/aromatic N) is 2. The number of benzene rings is 1. The quantitative estimate of drug-likeness (QED) is 0.649. The zero-order valence-corrected chi connectivity index (χ0v) is 16.4. The van der Waals surface area contributed by atoms with Gasteiger partial charge in [-0.15, -0.1) is 0 Å². The van der Waals surface area contributed by atoms with E-state index in [0.717, 1.165) is 5.69 Å². The second kappa shape index (κ2) is 6.29. The smallest absolute Gasteiger partial charge is 0.269 e. The molecule has 0 bridgehead atoms. The number of rotatable bonds is 4. The van der Waals surface area contributed by atoms with Crippen molar-refractivity contribution in [2.24, 2.45) is 0 Å². The van der Waals surface area contributed by atoms with Crippen molar-refractivity contribution in [2.45, 2.75) is 17.4 Å². The van der Waals surface area contributed by atoms with Crippen LogP contribution in [-0.2, 0) is 14.8 Å². The largest absolute Gasteiger partial charge is 0.382 e. The van der Waals surface area contributed by atoms with Crippen molar-refractivity contribution < 1.29 is 13.2 Å². The standard InChI is InChI=1S/C18H18N4O3S2/c1-18(11-25-2)17(26)20-14-10-19-16-13(15(14)21-18)8-9-22(16)27(23,24)12-6-4-3-5-7-12/h3-10,21H,11H2,1-2H3,(H,20,26). The molecule has 2 N–H and O–H groups in total. The minimum absolute atomic E-state index is 0.207. The Morgan fingerprint density at radius 3 is 2.70 bits per heavy atom. The highest BCUT2D eigenvalue weighted by atomic mass is 32.2. The summed E-state index contributed by atoms with van der Waals surface area (Å²) >= 11 is 5.45. The van der Waals surface area contributed by atoms with E-state index in [0.29, 0.717) is 28.3 Å². The number of pyridine rings is 1. The summed E-state index contributed by atoms with van der Waals surface area (Å²) in [6.45, 7) is 2.30. The van der Waals surface area contributed by atoms with Crippen LogP contribution in [-0.4, -0.2) is 41.6 Å². The highest BCUT2D eigenvalue weighted by Gasteiger charge is 2.36. The molecule has 0 fully saturated rings. The maximum Gasteiger partial charge on any atom is 0.269 e. The predicted octanol–water partition coefficient (Wildman–Crippen LogP) is 2.84. The molecule has 3 heterocycles. The Labute approximate surface area is 162 Å². The van der Waals surface area contributed by atoms with Gasteiger partial charge in [-0.05, 0) is 25.1 Å². The van der Waals surface area contributed by atoms with E-state index in [1.54, 1.807) is 49.7 Å². The number of methoxy groups -OCH3 is 1. The molecule has 2 aromatic heterocycles. The van der Waals surface area contributed by atoms with Gasteiger partial charge in [0.05, 0.1) is 29.1 Å². The Morgan fingerprint density at radius 1 is 1.26 bits per heavy atom. The molecule has 0 saturated heterocycles. The van der Waals surface area contributed by atoms with Gasteiger partial charge in [-0.1, -0.05) is 30.4 Å². The molecule has 27 heavy (non-hydrogen) atoms. The fourth-order valence-electron chi connectivity index (χ4n) is 3.18. The molecule has 4 rings (SSSR count). The predicted molar refractivity (Wildman–Crippen MR) is 109 cm³/mol. The molecule has 9 heteroatoms. The fourth-order valence-corrected chi connectivity index (χ4v) is 4.72. The highest BCUT2D eigenvalue weighted by Crippen LogP contribution is 2.37. The van der Waals surface area contributed by atoms with Gasteiger partial charge in [-0.3, -0.25) is 0 Å². The van der Waals surface area contributed by atoms with Crippen molar-refractivity contribution in [1.29, 1.82) is 0 Å². The van der Waals surface area contributed by atoms with Crippen molar-refractivity contribution in [1.82, 2.24) is 8.96 Å². The molecule has 0 saturated carbocycles. The van der Waals surface area contributed by atoms with Crippen molar-refractivity contribution in [2.75, 3.05) is 24.4 Å². The summed E-state index contributed by atoms with van der Waals surface area (Å²) in [5.41, 5.74) is 1.19. The summed E-state index contributed by atoms with van der Waals surface area (Å²) < 4.78 is 32.5. The van der Waals surface area contributed by atoms with Gasteiger partial charge in [-0.2, -0.15) is 0 Å². The number of hydrogen-bond acceptors (Lipinski definition) is 6. The fraction of sp³-hybridized carbons (Fsp3) is 0.222. The van der Waals surface area contributed by atoms with Gasteiger partial charge in [0, 0.05) is 18.7 Å². The van der Waals surface area contributed by atoms with Crippen molar-refractivity contribution in [3.63, 3.8) is 0 Å². The average Bonchev–Trinajstić information content (AvgIpc) is 3.09. The van der Waals surface area contributed by atoms with Gasteiger partial charge >= 0.3 is 0 Å². The Hall–Kier alpha value is -2.49. The number of fused-ring (bicyclic) bond motifs is 3. The molecule has 1 unspecified atom stereocenters.